The maximum atomic E-state index is 12.1. The van der Waals surface area contributed by atoms with Crippen molar-refractivity contribution in [2.45, 2.75) is 17.8 Å². The molecule has 0 radical (unpaired) electrons. The van der Waals surface area contributed by atoms with Crippen LogP contribution in [0.2, 0.25) is 15.1 Å². The largest absolute Gasteiger partial charge is 0.315 e. The summed E-state index contributed by atoms with van der Waals surface area (Å²) in [6, 6.07) is 12.4. The lowest BCUT2D eigenvalue weighted by Crippen LogP contribution is -2.39. The van der Waals surface area contributed by atoms with Crippen LogP contribution in [-0.2, 0) is 15.6 Å². The monoisotopic (exact) mass is 460 g/mol. The van der Waals surface area contributed by atoms with Crippen LogP contribution >= 0.6 is 46.6 Å². The zero-order valence-electron chi connectivity index (χ0n) is 14.0. The molecule has 2 atom stereocenters. The third kappa shape index (κ3) is 4.10. The highest BCUT2D eigenvalue weighted by Crippen LogP contribution is 2.37. The number of nitrogens with zero attached hydrogens (tertiary/aromatic N) is 2. The molecule has 2 aliphatic heterocycles. The maximum absolute atomic E-state index is 12.1. The normalized spacial score (nSPS) is 23.4. The van der Waals surface area contributed by atoms with E-state index in [2.05, 4.69) is 0 Å². The molecule has 0 unspecified atom stereocenters. The van der Waals surface area contributed by atoms with Crippen molar-refractivity contribution in [1.82, 2.24) is 0 Å². The molecule has 4 rings (SSSR count). The van der Waals surface area contributed by atoms with Gasteiger partial charge in [-0.05, 0) is 42.0 Å². The van der Waals surface area contributed by atoms with Gasteiger partial charge in [-0.1, -0.05) is 52.6 Å². The Morgan fingerprint density at radius 2 is 1.74 bits per heavy atom. The lowest BCUT2D eigenvalue weighted by molar-refractivity contribution is 0.601. The number of thioether (sulfide) groups is 1. The Morgan fingerprint density at radius 1 is 1.04 bits per heavy atom. The smallest absolute Gasteiger partial charge is 0.164 e. The fraction of sp³-hybridized carbons (Fsp3) is 0.278. The summed E-state index contributed by atoms with van der Waals surface area (Å²) in [5, 5.41) is 2.63. The summed E-state index contributed by atoms with van der Waals surface area (Å²) >= 11 is 19.8. The first-order valence-corrected chi connectivity index (χ1v) is 12.2. The van der Waals surface area contributed by atoms with Gasteiger partial charge in [-0.15, -0.1) is 0 Å². The number of amidine groups is 1. The lowest BCUT2D eigenvalue weighted by atomic mass is 10.1. The summed E-state index contributed by atoms with van der Waals surface area (Å²) in [5.74, 6) is 0.814. The Bertz CT molecular complexity index is 1010. The van der Waals surface area contributed by atoms with Gasteiger partial charge >= 0.3 is 0 Å². The maximum Gasteiger partial charge on any atom is 0.164 e. The Kier molecular flexibility index (Phi) is 5.38. The molecule has 0 aliphatic carbocycles. The van der Waals surface area contributed by atoms with E-state index in [-0.39, 0.29) is 23.6 Å². The van der Waals surface area contributed by atoms with Crippen LogP contribution in [0.4, 0.5) is 5.69 Å². The van der Waals surface area contributed by atoms with E-state index >= 15 is 0 Å². The van der Waals surface area contributed by atoms with Crippen LogP contribution < -0.4 is 4.90 Å². The Balaban J connectivity index is 1.61. The molecular weight excluding hydrogens is 447 g/mol. The molecule has 0 N–H and O–H groups in total. The summed E-state index contributed by atoms with van der Waals surface area (Å²) in [7, 11) is -3.08. The molecule has 4 nitrogen and oxygen atoms in total. The molecule has 2 aromatic rings. The van der Waals surface area contributed by atoms with Crippen molar-refractivity contribution >= 4 is 67.3 Å². The minimum Gasteiger partial charge on any atom is -0.315 e. The first-order valence-electron chi connectivity index (χ1n) is 8.22. The highest BCUT2D eigenvalue weighted by molar-refractivity contribution is 8.13. The molecule has 1 fully saturated rings. The van der Waals surface area contributed by atoms with Gasteiger partial charge in [0.2, 0.25) is 0 Å². The third-order valence-electron chi connectivity index (χ3n) is 4.58. The van der Waals surface area contributed by atoms with Gasteiger partial charge in [0.1, 0.15) is 0 Å². The standard InChI is InChI=1S/C18H15Cl3N2O2S2/c19-12-3-5-14(6-4-12)23-17-10-27(24,25)9-16(17)22-18(23)26-8-11-1-2-13(20)7-15(11)21/h1-7,16-17H,8-10H2/t16-,17+/m1/s1. The zero-order valence-corrected chi connectivity index (χ0v) is 17.9. The van der Waals surface area contributed by atoms with E-state index in [1.807, 2.05) is 23.1 Å². The molecule has 142 valence electrons. The van der Waals surface area contributed by atoms with Crippen molar-refractivity contribution in [1.29, 1.82) is 0 Å². The van der Waals surface area contributed by atoms with Crippen LogP contribution in [0.5, 0.6) is 0 Å². The Morgan fingerprint density at radius 3 is 2.44 bits per heavy atom. The number of benzene rings is 2. The zero-order chi connectivity index (χ0) is 19.2. The summed E-state index contributed by atoms with van der Waals surface area (Å²) in [6.07, 6.45) is 0. The van der Waals surface area contributed by atoms with Crippen LogP contribution in [0.15, 0.2) is 47.5 Å². The van der Waals surface area contributed by atoms with Crippen LogP contribution in [0.25, 0.3) is 0 Å². The summed E-state index contributed by atoms with van der Waals surface area (Å²) in [5.41, 5.74) is 1.84. The summed E-state index contributed by atoms with van der Waals surface area (Å²) in [6.45, 7) is 0. The summed E-state index contributed by atoms with van der Waals surface area (Å²) in [4.78, 5) is 6.73. The average molecular weight is 462 g/mol. The number of fused-ring (bicyclic) bond motifs is 1. The number of halogens is 3. The molecule has 0 saturated carbocycles. The number of aliphatic imine (C=N–C) groups is 1. The van der Waals surface area contributed by atoms with E-state index in [4.69, 9.17) is 39.8 Å². The average Bonchev–Trinajstić information content (AvgIpc) is 3.06. The topological polar surface area (TPSA) is 49.7 Å². The number of hydrogen-bond donors (Lipinski definition) is 0. The SMILES string of the molecule is O=S1(=O)C[C@H]2N=C(SCc3ccc(Cl)cc3Cl)N(c3ccc(Cl)cc3)[C@H]2C1. The minimum atomic E-state index is -3.08. The van der Waals surface area contributed by atoms with Crippen LogP contribution in [0.1, 0.15) is 5.56 Å². The molecule has 1 saturated heterocycles. The van der Waals surface area contributed by atoms with Gasteiger partial charge in [-0.3, -0.25) is 4.99 Å². The van der Waals surface area contributed by atoms with Crippen molar-refractivity contribution in [3.8, 4) is 0 Å². The molecule has 0 spiro atoms. The minimum absolute atomic E-state index is 0.0908. The number of anilines is 1. The van der Waals surface area contributed by atoms with E-state index in [0.29, 0.717) is 20.8 Å². The molecule has 0 aromatic heterocycles. The number of rotatable bonds is 3. The Labute approximate surface area is 177 Å². The number of hydrogen-bond acceptors (Lipinski definition) is 5. The molecule has 0 amide bonds. The van der Waals surface area contributed by atoms with Crippen molar-refractivity contribution in [3.63, 3.8) is 0 Å². The van der Waals surface area contributed by atoms with Crippen LogP contribution in [-0.4, -0.2) is 37.2 Å². The predicted octanol–water partition coefficient (Wildman–Crippen LogP) is 4.92. The van der Waals surface area contributed by atoms with Gasteiger partial charge in [0.05, 0.1) is 23.6 Å². The van der Waals surface area contributed by atoms with Crippen LogP contribution in [0.3, 0.4) is 0 Å². The predicted molar refractivity (Wildman–Crippen MR) is 115 cm³/mol. The first-order chi connectivity index (χ1) is 12.8. The van der Waals surface area contributed by atoms with E-state index < -0.39 is 9.84 Å². The van der Waals surface area contributed by atoms with Crippen molar-refractivity contribution < 1.29 is 8.42 Å². The number of sulfone groups is 1. The molecular formula is C18H15Cl3N2O2S2. The molecule has 2 heterocycles. The second-order valence-corrected chi connectivity index (χ2v) is 10.9. The molecule has 2 aliphatic rings. The fourth-order valence-corrected chi connectivity index (χ4v) is 6.97. The third-order valence-corrected chi connectivity index (χ3v) is 8.14. The van der Waals surface area contributed by atoms with Crippen molar-refractivity contribution in [3.05, 3.63) is 63.1 Å². The van der Waals surface area contributed by atoms with E-state index in [1.165, 1.54) is 0 Å². The van der Waals surface area contributed by atoms with Crippen molar-refractivity contribution in [2.75, 3.05) is 16.4 Å². The van der Waals surface area contributed by atoms with Gasteiger partial charge in [0.15, 0.2) is 15.0 Å². The molecule has 9 heteroatoms. The molecule has 2 aromatic carbocycles. The summed E-state index contributed by atoms with van der Waals surface area (Å²) < 4.78 is 24.2. The quantitative estimate of drug-likeness (QED) is 0.651. The fourth-order valence-electron chi connectivity index (χ4n) is 3.32. The van der Waals surface area contributed by atoms with Crippen LogP contribution in [0, 0.1) is 0 Å². The lowest BCUT2D eigenvalue weighted by Gasteiger charge is -2.26. The highest BCUT2D eigenvalue weighted by atomic mass is 35.5. The van der Waals surface area contributed by atoms with E-state index in [0.717, 1.165) is 16.4 Å². The second kappa shape index (κ2) is 7.48. The van der Waals surface area contributed by atoms with Gasteiger partial charge in [0, 0.05) is 26.5 Å². The van der Waals surface area contributed by atoms with E-state index in [9.17, 15) is 8.42 Å². The first kappa shape index (κ1) is 19.4. The van der Waals surface area contributed by atoms with Gasteiger partial charge in [-0.25, -0.2) is 8.42 Å². The van der Waals surface area contributed by atoms with E-state index in [1.54, 1.807) is 36.0 Å². The van der Waals surface area contributed by atoms with Gasteiger partial charge in [-0.2, -0.15) is 0 Å². The van der Waals surface area contributed by atoms with Gasteiger partial charge in [0.25, 0.3) is 0 Å². The molecule has 27 heavy (non-hydrogen) atoms. The Hall–Kier alpha value is -0.920. The van der Waals surface area contributed by atoms with Crippen molar-refractivity contribution in [2.24, 2.45) is 4.99 Å². The van der Waals surface area contributed by atoms with Gasteiger partial charge < -0.3 is 4.90 Å². The highest BCUT2D eigenvalue weighted by Gasteiger charge is 2.47. The second-order valence-electron chi connectivity index (χ2n) is 6.49. The molecule has 0 bridgehead atoms.